The van der Waals surface area contributed by atoms with Gasteiger partial charge in [0.1, 0.15) is 12.4 Å². The molecule has 1 aromatic carbocycles. The highest BCUT2D eigenvalue weighted by atomic mass is 16.5. The highest BCUT2D eigenvalue weighted by Crippen LogP contribution is 2.20. The number of anilines is 1. The molecule has 1 atom stereocenters. The molecule has 1 aliphatic rings. The summed E-state index contributed by atoms with van der Waals surface area (Å²) < 4.78 is 5.54. The van der Waals surface area contributed by atoms with Crippen LogP contribution in [-0.4, -0.2) is 47.3 Å². The average molecular weight is 383 g/mol. The SMILES string of the molecule is Cc1cncc(N2CC[C@@H](NC(=O)Cc3ccc(OCC(C)(C)O)cc3)C2)c1. The summed E-state index contributed by atoms with van der Waals surface area (Å²) in [5.74, 6) is 0.712. The maximum Gasteiger partial charge on any atom is 0.224 e. The molecule has 1 aromatic heterocycles. The predicted molar refractivity (Wildman–Crippen MR) is 110 cm³/mol. The Morgan fingerprint density at radius 1 is 1.32 bits per heavy atom. The van der Waals surface area contributed by atoms with Crippen LogP contribution in [0.4, 0.5) is 5.69 Å². The normalized spacial score (nSPS) is 16.9. The first kappa shape index (κ1) is 20.1. The van der Waals surface area contributed by atoms with Gasteiger partial charge in [-0.15, -0.1) is 0 Å². The van der Waals surface area contributed by atoms with E-state index < -0.39 is 5.60 Å². The molecule has 1 saturated heterocycles. The third-order valence-electron chi connectivity index (χ3n) is 4.66. The summed E-state index contributed by atoms with van der Waals surface area (Å²) in [5.41, 5.74) is 2.31. The standard InChI is InChI=1S/C22H29N3O3/c1-16-10-19(13-23-12-16)25-9-8-18(14-25)24-21(26)11-17-4-6-20(7-5-17)28-15-22(2,3)27/h4-7,10,12-13,18,27H,8-9,11,14-15H2,1-3H3,(H,24,26)/t18-/m1/s1. The smallest absolute Gasteiger partial charge is 0.224 e. The highest BCUT2D eigenvalue weighted by molar-refractivity contribution is 5.79. The van der Waals surface area contributed by atoms with Gasteiger partial charge in [0.2, 0.25) is 5.91 Å². The zero-order valence-electron chi connectivity index (χ0n) is 16.8. The van der Waals surface area contributed by atoms with Crippen LogP contribution < -0.4 is 15.0 Å². The van der Waals surface area contributed by atoms with Crippen molar-refractivity contribution in [3.8, 4) is 5.75 Å². The summed E-state index contributed by atoms with van der Waals surface area (Å²) in [4.78, 5) is 18.9. The molecular weight excluding hydrogens is 354 g/mol. The minimum Gasteiger partial charge on any atom is -0.491 e. The van der Waals surface area contributed by atoms with E-state index in [1.807, 2.05) is 43.6 Å². The van der Waals surface area contributed by atoms with Crippen molar-refractivity contribution in [1.82, 2.24) is 10.3 Å². The molecule has 2 N–H and O–H groups in total. The van der Waals surface area contributed by atoms with Crippen molar-refractivity contribution in [2.75, 3.05) is 24.6 Å². The van der Waals surface area contributed by atoms with Crippen molar-refractivity contribution in [3.63, 3.8) is 0 Å². The fourth-order valence-corrected chi connectivity index (χ4v) is 3.25. The van der Waals surface area contributed by atoms with Gasteiger partial charge in [-0.2, -0.15) is 0 Å². The summed E-state index contributed by atoms with van der Waals surface area (Å²) in [6.07, 6.45) is 5.00. The van der Waals surface area contributed by atoms with Crippen molar-refractivity contribution in [2.45, 2.75) is 45.3 Å². The minimum absolute atomic E-state index is 0.0272. The maximum atomic E-state index is 12.4. The maximum absolute atomic E-state index is 12.4. The molecule has 2 heterocycles. The van der Waals surface area contributed by atoms with Crippen LogP contribution in [0.3, 0.4) is 0 Å². The Morgan fingerprint density at radius 2 is 2.07 bits per heavy atom. The van der Waals surface area contributed by atoms with Crippen LogP contribution in [0.1, 0.15) is 31.4 Å². The van der Waals surface area contributed by atoms with Gasteiger partial charge in [0, 0.05) is 25.3 Å². The Morgan fingerprint density at radius 3 is 2.75 bits per heavy atom. The van der Waals surface area contributed by atoms with Crippen molar-refractivity contribution in [3.05, 3.63) is 53.9 Å². The van der Waals surface area contributed by atoms with Crippen LogP contribution in [0.25, 0.3) is 0 Å². The number of hydrogen-bond donors (Lipinski definition) is 2. The van der Waals surface area contributed by atoms with Gasteiger partial charge in [-0.3, -0.25) is 9.78 Å². The Bertz CT molecular complexity index is 799. The van der Waals surface area contributed by atoms with Gasteiger partial charge in [0.15, 0.2) is 0 Å². The molecule has 0 spiro atoms. The van der Waals surface area contributed by atoms with E-state index in [4.69, 9.17) is 4.74 Å². The number of aromatic nitrogens is 1. The molecule has 0 unspecified atom stereocenters. The summed E-state index contributed by atoms with van der Waals surface area (Å²) in [7, 11) is 0. The van der Waals surface area contributed by atoms with Crippen LogP contribution in [0.5, 0.6) is 5.75 Å². The zero-order chi connectivity index (χ0) is 20.1. The number of pyridine rings is 1. The third-order valence-corrected chi connectivity index (χ3v) is 4.66. The third kappa shape index (κ3) is 5.96. The molecule has 28 heavy (non-hydrogen) atoms. The number of aryl methyl sites for hydroxylation is 1. The number of carbonyl (C=O) groups is 1. The van der Waals surface area contributed by atoms with Crippen molar-refractivity contribution in [1.29, 1.82) is 0 Å². The molecule has 6 nitrogen and oxygen atoms in total. The number of aliphatic hydroxyl groups is 1. The molecule has 3 rings (SSSR count). The van der Waals surface area contributed by atoms with Crippen LogP contribution >= 0.6 is 0 Å². The van der Waals surface area contributed by atoms with E-state index in [0.717, 1.165) is 36.3 Å². The fraction of sp³-hybridized carbons (Fsp3) is 0.455. The van der Waals surface area contributed by atoms with E-state index in [1.54, 1.807) is 13.8 Å². The van der Waals surface area contributed by atoms with Crippen LogP contribution in [-0.2, 0) is 11.2 Å². The Labute approximate surface area is 166 Å². The molecule has 150 valence electrons. The largest absolute Gasteiger partial charge is 0.491 e. The molecule has 0 radical (unpaired) electrons. The minimum atomic E-state index is -0.873. The highest BCUT2D eigenvalue weighted by Gasteiger charge is 2.24. The van der Waals surface area contributed by atoms with E-state index in [1.165, 1.54) is 0 Å². The number of nitrogens with one attached hydrogen (secondary N) is 1. The second-order valence-electron chi connectivity index (χ2n) is 8.14. The summed E-state index contributed by atoms with van der Waals surface area (Å²) >= 11 is 0. The molecule has 0 saturated carbocycles. The molecule has 6 heteroatoms. The van der Waals surface area contributed by atoms with Gasteiger partial charge in [0.25, 0.3) is 0 Å². The second kappa shape index (κ2) is 8.61. The lowest BCUT2D eigenvalue weighted by Crippen LogP contribution is -2.38. The summed E-state index contributed by atoms with van der Waals surface area (Å²) in [6.45, 7) is 7.38. The van der Waals surface area contributed by atoms with E-state index in [-0.39, 0.29) is 18.6 Å². The van der Waals surface area contributed by atoms with E-state index in [2.05, 4.69) is 21.3 Å². The lowest BCUT2D eigenvalue weighted by atomic mass is 10.1. The molecule has 0 bridgehead atoms. The quantitative estimate of drug-likeness (QED) is 0.768. The van der Waals surface area contributed by atoms with Gasteiger partial charge in [-0.05, 0) is 56.5 Å². The van der Waals surface area contributed by atoms with E-state index in [9.17, 15) is 9.90 Å². The van der Waals surface area contributed by atoms with Crippen LogP contribution in [0.2, 0.25) is 0 Å². The number of hydrogen-bond acceptors (Lipinski definition) is 5. The van der Waals surface area contributed by atoms with Crippen LogP contribution in [0.15, 0.2) is 42.7 Å². The number of nitrogens with zero attached hydrogens (tertiary/aromatic N) is 2. The van der Waals surface area contributed by atoms with E-state index in [0.29, 0.717) is 12.2 Å². The van der Waals surface area contributed by atoms with Gasteiger partial charge < -0.3 is 20.1 Å². The molecule has 2 aromatic rings. The Hall–Kier alpha value is -2.60. The molecule has 1 aliphatic heterocycles. The van der Waals surface area contributed by atoms with Crippen LogP contribution in [0, 0.1) is 6.92 Å². The number of benzene rings is 1. The summed E-state index contributed by atoms with van der Waals surface area (Å²) in [5, 5.41) is 12.8. The first-order valence-corrected chi connectivity index (χ1v) is 9.68. The van der Waals surface area contributed by atoms with Crippen molar-refractivity contribution in [2.24, 2.45) is 0 Å². The second-order valence-corrected chi connectivity index (χ2v) is 8.14. The van der Waals surface area contributed by atoms with Gasteiger partial charge in [0.05, 0.1) is 23.9 Å². The predicted octanol–water partition coefficient (Wildman–Crippen LogP) is 2.48. The molecule has 1 amide bonds. The van der Waals surface area contributed by atoms with Gasteiger partial charge >= 0.3 is 0 Å². The number of amides is 1. The van der Waals surface area contributed by atoms with Crippen molar-refractivity contribution >= 4 is 11.6 Å². The van der Waals surface area contributed by atoms with E-state index >= 15 is 0 Å². The summed E-state index contributed by atoms with van der Waals surface area (Å²) in [6, 6.07) is 9.71. The first-order chi connectivity index (χ1) is 13.3. The number of carbonyl (C=O) groups excluding carboxylic acids is 1. The molecular formula is C22H29N3O3. The number of rotatable bonds is 7. The lowest BCUT2D eigenvalue weighted by molar-refractivity contribution is -0.121. The van der Waals surface area contributed by atoms with Gasteiger partial charge in [-0.25, -0.2) is 0 Å². The van der Waals surface area contributed by atoms with Gasteiger partial charge in [-0.1, -0.05) is 12.1 Å². The first-order valence-electron chi connectivity index (χ1n) is 9.68. The monoisotopic (exact) mass is 383 g/mol. The molecule has 0 aliphatic carbocycles. The van der Waals surface area contributed by atoms with Crippen molar-refractivity contribution < 1.29 is 14.6 Å². The molecule has 1 fully saturated rings. The topological polar surface area (TPSA) is 74.7 Å². The average Bonchev–Trinajstić information content (AvgIpc) is 3.09. The zero-order valence-corrected chi connectivity index (χ0v) is 16.8. The number of ether oxygens (including phenoxy) is 1. The lowest BCUT2D eigenvalue weighted by Gasteiger charge is -2.19. The Balaban J connectivity index is 1.47. The fourth-order valence-electron chi connectivity index (χ4n) is 3.25. The Kier molecular flexibility index (Phi) is 6.19.